The molecule has 1 saturated heterocycles. The van der Waals surface area contributed by atoms with Crippen LogP contribution in [0, 0.1) is 0 Å². The standard InChI is InChI=1S/C4H8O.C3F6O/c1-2-3-4-5;4-1(2(5,6)7)3(8,9)10-1/h4H,2-3H2,1H3;. The van der Waals surface area contributed by atoms with Crippen molar-refractivity contribution in [2.24, 2.45) is 0 Å². The Hall–Kier alpha value is -0.790. The maximum absolute atomic E-state index is 11.7. The van der Waals surface area contributed by atoms with E-state index in [4.69, 9.17) is 0 Å². The molecule has 2 nitrogen and oxygen atoms in total. The van der Waals surface area contributed by atoms with Crippen molar-refractivity contribution in [1.29, 1.82) is 0 Å². The highest BCUT2D eigenvalue weighted by Gasteiger charge is 2.90. The maximum Gasteiger partial charge on any atom is 0.458 e. The van der Waals surface area contributed by atoms with Crippen LogP contribution >= 0.6 is 0 Å². The van der Waals surface area contributed by atoms with Crippen molar-refractivity contribution in [3.63, 3.8) is 0 Å². The first-order valence-corrected chi connectivity index (χ1v) is 3.89. The van der Waals surface area contributed by atoms with Gasteiger partial charge >= 0.3 is 18.1 Å². The number of hydrogen-bond acceptors (Lipinski definition) is 2. The number of hydrogen-bond donors (Lipinski definition) is 0. The first-order chi connectivity index (χ1) is 6.62. The largest absolute Gasteiger partial charge is 0.458 e. The van der Waals surface area contributed by atoms with Crippen molar-refractivity contribution in [3.05, 3.63) is 0 Å². The van der Waals surface area contributed by atoms with Crippen LogP contribution in [0.25, 0.3) is 0 Å². The lowest BCUT2D eigenvalue weighted by molar-refractivity contribution is -0.231. The molecule has 0 radical (unpaired) electrons. The number of halogens is 6. The molecule has 0 N–H and O–H groups in total. The molecule has 0 aromatic carbocycles. The first-order valence-electron chi connectivity index (χ1n) is 3.89. The van der Waals surface area contributed by atoms with Gasteiger partial charge in [-0.2, -0.15) is 26.3 Å². The van der Waals surface area contributed by atoms with Crippen LogP contribution < -0.4 is 0 Å². The Bertz CT molecular complexity index is 226. The fourth-order valence-corrected chi connectivity index (χ4v) is 0.492. The Labute approximate surface area is 81.2 Å². The van der Waals surface area contributed by atoms with Crippen molar-refractivity contribution in [1.82, 2.24) is 0 Å². The second-order valence-corrected chi connectivity index (χ2v) is 2.67. The summed E-state index contributed by atoms with van der Waals surface area (Å²) in [6, 6.07) is 0. The highest BCUT2D eigenvalue weighted by Crippen LogP contribution is 2.60. The molecular weight excluding hydrogens is 230 g/mol. The average molecular weight is 238 g/mol. The van der Waals surface area contributed by atoms with Crippen LogP contribution in [-0.4, -0.2) is 24.4 Å². The highest BCUT2D eigenvalue weighted by molar-refractivity contribution is 5.48. The number of epoxide rings is 1. The molecule has 1 unspecified atom stereocenters. The van der Waals surface area contributed by atoms with E-state index >= 15 is 0 Å². The van der Waals surface area contributed by atoms with Gasteiger partial charge in [-0.1, -0.05) is 6.92 Å². The third-order valence-electron chi connectivity index (χ3n) is 1.37. The predicted molar refractivity (Wildman–Crippen MR) is 36.9 cm³/mol. The molecule has 1 atom stereocenters. The van der Waals surface area contributed by atoms with E-state index in [1.807, 2.05) is 6.92 Å². The van der Waals surface area contributed by atoms with Crippen LogP contribution in [0.15, 0.2) is 0 Å². The van der Waals surface area contributed by atoms with E-state index in [1.165, 1.54) is 0 Å². The van der Waals surface area contributed by atoms with Crippen LogP contribution in [0.4, 0.5) is 26.3 Å². The summed E-state index contributed by atoms with van der Waals surface area (Å²) in [5.41, 5.74) is 0. The molecule has 1 aliphatic rings. The third-order valence-corrected chi connectivity index (χ3v) is 1.37. The molecule has 0 aliphatic carbocycles. The zero-order valence-electron chi connectivity index (χ0n) is 7.58. The Morgan fingerprint density at radius 2 is 1.67 bits per heavy atom. The van der Waals surface area contributed by atoms with E-state index in [0.29, 0.717) is 6.42 Å². The van der Waals surface area contributed by atoms with E-state index in [-0.39, 0.29) is 0 Å². The smallest absolute Gasteiger partial charge is 0.303 e. The number of carbonyl (C=O) groups excluding carboxylic acids is 1. The van der Waals surface area contributed by atoms with Gasteiger partial charge in [-0.3, -0.25) is 4.74 Å². The Balaban J connectivity index is 0.000000336. The van der Waals surface area contributed by atoms with Crippen LogP contribution in [0.2, 0.25) is 0 Å². The van der Waals surface area contributed by atoms with Crippen molar-refractivity contribution in [3.8, 4) is 0 Å². The van der Waals surface area contributed by atoms with Gasteiger partial charge in [0.15, 0.2) is 0 Å². The Morgan fingerprint density at radius 1 is 1.27 bits per heavy atom. The van der Waals surface area contributed by atoms with Crippen molar-refractivity contribution in [2.75, 3.05) is 0 Å². The summed E-state index contributed by atoms with van der Waals surface area (Å²) < 4.78 is 70.4. The lowest BCUT2D eigenvalue weighted by atomic mass is 10.4. The quantitative estimate of drug-likeness (QED) is 0.420. The van der Waals surface area contributed by atoms with E-state index in [2.05, 4.69) is 4.74 Å². The van der Waals surface area contributed by atoms with Crippen molar-refractivity contribution >= 4 is 6.29 Å². The predicted octanol–water partition coefficient (Wildman–Crippen LogP) is 2.82. The molecule has 15 heavy (non-hydrogen) atoms. The summed E-state index contributed by atoms with van der Waals surface area (Å²) >= 11 is 0. The molecule has 0 amide bonds. The summed E-state index contributed by atoms with van der Waals surface area (Å²) in [5, 5.41) is 0. The van der Waals surface area contributed by atoms with Gasteiger partial charge in [0.25, 0.3) is 0 Å². The average Bonchev–Trinajstić information content (AvgIpc) is 2.54. The monoisotopic (exact) mass is 238 g/mol. The molecule has 1 rings (SSSR count). The molecule has 0 aromatic rings. The van der Waals surface area contributed by atoms with Gasteiger partial charge in [0.1, 0.15) is 6.29 Å². The van der Waals surface area contributed by atoms with Gasteiger partial charge in [-0.05, 0) is 6.42 Å². The Kier molecular flexibility index (Phi) is 4.15. The second-order valence-electron chi connectivity index (χ2n) is 2.67. The number of unbranched alkanes of at least 4 members (excludes halogenated alkanes) is 1. The number of alkyl halides is 6. The van der Waals surface area contributed by atoms with Gasteiger partial charge in [0.05, 0.1) is 0 Å². The van der Waals surface area contributed by atoms with Gasteiger partial charge in [-0.15, -0.1) is 0 Å². The first kappa shape index (κ1) is 14.2. The topological polar surface area (TPSA) is 29.6 Å². The molecule has 0 saturated carbocycles. The molecular formula is C7H8F6O2. The van der Waals surface area contributed by atoms with E-state index in [1.54, 1.807) is 0 Å². The fraction of sp³-hybridized carbons (Fsp3) is 0.857. The van der Waals surface area contributed by atoms with Crippen LogP contribution in [0.1, 0.15) is 19.8 Å². The summed E-state index contributed by atoms with van der Waals surface area (Å²) in [7, 11) is 0. The molecule has 0 spiro atoms. The van der Waals surface area contributed by atoms with Crippen LogP contribution in [0.5, 0.6) is 0 Å². The zero-order chi connectivity index (χ0) is 12.3. The van der Waals surface area contributed by atoms with E-state index < -0.39 is 18.1 Å². The summed E-state index contributed by atoms with van der Waals surface area (Å²) in [4.78, 5) is 9.40. The summed E-state index contributed by atoms with van der Waals surface area (Å²) in [5.74, 6) is -4.75. The molecule has 1 heterocycles. The number of ether oxygens (including phenoxy) is 1. The Morgan fingerprint density at radius 3 is 1.67 bits per heavy atom. The van der Waals surface area contributed by atoms with E-state index in [0.717, 1.165) is 12.7 Å². The van der Waals surface area contributed by atoms with Crippen LogP contribution in [0.3, 0.4) is 0 Å². The lowest BCUT2D eigenvalue weighted by Gasteiger charge is -2.04. The highest BCUT2D eigenvalue weighted by atomic mass is 19.4. The maximum atomic E-state index is 11.7. The molecule has 90 valence electrons. The van der Waals surface area contributed by atoms with E-state index in [9.17, 15) is 31.1 Å². The SMILES string of the molecule is CCCC=O.FC(F)(F)C1(F)OC1(F)F. The fourth-order valence-electron chi connectivity index (χ4n) is 0.492. The molecule has 0 aromatic heterocycles. The lowest BCUT2D eigenvalue weighted by Crippen LogP contribution is -2.32. The molecule has 1 fully saturated rings. The minimum absolute atomic E-state index is 0.708. The zero-order valence-corrected chi connectivity index (χ0v) is 7.58. The molecule has 8 heteroatoms. The summed E-state index contributed by atoms with van der Waals surface area (Å²) in [6.45, 7) is 1.98. The van der Waals surface area contributed by atoms with Crippen LogP contribution in [-0.2, 0) is 9.53 Å². The molecule has 1 aliphatic heterocycles. The third kappa shape index (κ3) is 3.08. The van der Waals surface area contributed by atoms with Gasteiger partial charge in [0.2, 0.25) is 0 Å². The number of rotatable bonds is 2. The van der Waals surface area contributed by atoms with Gasteiger partial charge < -0.3 is 4.79 Å². The number of aldehydes is 1. The summed E-state index contributed by atoms with van der Waals surface area (Å²) in [6.07, 6.45) is -7.74. The van der Waals surface area contributed by atoms with Gasteiger partial charge in [-0.25, -0.2) is 0 Å². The van der Waals surface area contributed by atoms with Crippen molar-refractivity contribution < 1.29 is 35.9 Å². The number of carbonyl (C=O) groups is 1. The molecule has 0 bridgehead atoms. The second kappa shape index (κ2) is 4.38. The minimum Gasteiger partial charge on any atom is -0.303 e. The minimum atomic E-state index is -5.66. The van der Waals surface area contributed by atoms with Crippen molar-refractivity contribution in [2.45, 2.75) is 37.9 Å². The van der Waals surface area contributed by atoms with Gasteiger partial charge in [0, 0.05) is 6.42 Å². The normalized spacial score (nSPS) is 27.7.